The molecule has 0 bridgehead atoms. The van der Waals surface area contributed by atoms with Crippen molar-refractivity contribution < 1.29 is 9.47 Å². The third kappa shape index (κ3) is 3.90. The van der Waals surface area contributed by atoms with E-state index in [0.717, 1.165) is 23.5 Å². The smallest absolute Gasteiger partial charge is 0.161 e. The molecule has 0 unspecified atom stereocenters. The third-order valence-corrected chi connectivity index (χ3v) is 3.18. The lowest BCUT2D eigenvalue weighted by Crippen LogP contribution is -2.03. The van der Waals surface area contributed by atoms with Gasteiger partial charge in [0.2, 0.25) is 0 Å². The zero-order chi connectivity index (χ0) is 13.5. The maximum absolute atomic E-state index is 5.83. The van der Waals surface area contributed by atoms with Crippen molar-refractivity contribution in [3.63, 3.8) is 0 Å². The maximum Gasteiger partial charge on any atom is 0.161 e. The number of alkyl halides is 1. The summed E-state index contributed by atoms with van der Waals surface area (Å²) in [7, 11) is 1.64. The molecule has 0 amide bonds. The molecule has 0 atom stereocenters. The van der Waals surface area contributed by atoms with Gasteiger partial charge in [0, 0.05) is 12.3 Å². The van der Waals surface area contributed by atoms with Crippen LogP contribution in [0.3, 0.4) is 0 Å². The zero-order valence-electron chi connectivity index (χ0n) is 10.9. The van der Waals surface area contributed by atoms with Crippen LogP contribution in [0, 0.1) is 0 Å². The second-order valence-electron chi connectivity index (χ2n) is 4.20. The van der Waals surface area contributed by atoms with Crippen molar-refractivity contribution in [3.05, 3.63) is 59.7 Å². The molecule has 0 saturated carbocycles. The number of methoxy groups -OCH3 is 1. The largest absolute Gasteiger partial charge is 0.493 e. The predicted octanol–water partition coefficient (Wildman–Crippen LogP) is 4.06. The minimum absolute atomic E-state index is 0.471. The fourth-order valence-corrected chi connectivity index (χ4v) is 2.01. The molecule has 0 N–H and O–H groups in total. The molecule has 0 radical (unpaired) electrons. The van der Waals surface area contributed by atoms with Gasteiger partial charge in [-0.3, -0.25) is 0 Å². The van der Waals surface area contributed by atoms with Gasteiger partial charge in [0.1, 0.15) is 0 Å². The quantitative estimate of drug-likeness (QED) is 0.741. The molecule has 2 aromatic rings. The van der Waals surface area contributed by atoms with Crippen LogP contribution >= 0.6 is 11.6 Å². The Kier molecular flexibility index (Phi) is 5.10. The summed E-state index contributed by atoms with van der Waals surface area (Å²) < 4.78 is 11.1. The minimum Gasteiger partial charge on any atom is -0.493 e. The van der Waals surface area contributed by atoms with Crippen molar-refractivity contribution in [1.82, 2.24) is 0 Å². The molecule has 19 heavy (non-hydrogen) atoms. The molecule has 3 heteroatoms. The second kappa shape index (κ2) is 7.05. The van der Waals surface area contributed by atoms with E-state index in [4.69, 9.17) is 21.1 Å². The van der Waals surface area contributed by atoms with E-state index in [1.807, 2.05) is 36.4 Å². The summed E-state index contributed by atoms with van der Waals surface area (Å²) >= 11 is 5.83. The highest BCUT2D eigenvalue weighted by Crippen LogP contribution is 2.28. The lowest BCUT2D eigenvalue weighted by Gasteiger charge is -2.11. The average molecular weight is 277 g/mol. The van der Waals surface area contributed by atoms with Crippen molar-refractivity contribution >= 4 is 11.6 Å². The number of halogens is 1. The van der Waals surface area contributed by atoms with Crippen molar-refractivity contribution in [2.24, 2.45) is 0 Å². The van der Waals surface area contributed by atoms with E-state index in [9.17, 15) is 0 Å². The fraction of sp³-hybridized carbons (Fsp3) is 0.250. The monoisotopic (exact) mass is 276 g/mol. The summed E-state index contributed by atoms with van der Waals surface area (Å²) in [5.74, 6) is 1.96. The van der Waals surface area contributed by atoms with Crippen LogP contribution in [-0.2, 0) is 12.3 Å². The van der Waals surface area contributed by atoms with Crippen LogP contribution in [-0.4, -0.2) is 13.7 Å². The van der Waals surface area contributed by atoms with Crippen molar-refractivity contribution in [3.8, 4) is 11.5 Å². The summed E-state index contributed by atoms with van der Waals surface area (Å²) in [4.78, 5) is 0. The molecule has 2 nitrogen and oxygen atoms in total. The first-order chi connectivity index (χ1) is 9.33. The van der Waals surface area contributed by atoms with Crippen LogP contribution in [0.4, 0.5) is 0 Å². The van der Waals surface area contributed by atoms with Crippen LogP contribution in [0.2, 0.25) is 0 Å². The number of ether oxygens (including phenoxy) is 2. The van der Waals surface area contributed by atoms with Gasteiger partial charge in [-0.05, 0) is 23.3 Å². The molecule has 100 valence electrons. The highest BCUT2D eigenvalue weighted by atomic mass is 35.5. The molecule has 0 aliphatic heterocycles. The van der Waals surface area contributed by atoms with Gasteiger partial charge >= 0.3 is 0 Å². The first-order valence-corrected chi connectivity index (χ1v) is 6.76. The fourth-order valence-electron chi connectivity index (χ4n) is 1.84. The first-order valence-electron chi connectivity index (χ1n) is 6.23. The predicted molar refractivity (Wildman–Crippen MR) is 78.2 cm³/mol. The van der Waals surface area contributed by atoms with E-state index in [-0.39, 0.29) is 0 Å². The van der Waals surface area contributed by atoms with Crippen LogP contribution in [0.1, 0.15) is 11.1 Å². The number of rotatable bonds is 6. The van der Waals surface area contributed by atoms with Gasteiger partial charge in [-0.15, -0.1) is 11.6 Å². The van der Waals surface area contributed by atoms with E-state index in [0.29, 0.717) is 12.5 Å². The average Bonchev–Trinajstić information content (AvgIpc) is 2.48. The molecular formula is C16H17ClO2. The van der Waals surface area contributed by atoms with Gasteiger partial charge in [-0.1, -0.05) is 36.4 Å². The minimum atomic E-state index is 0.471. The molecule has 2 aromatic carbocycles. The van der Waals surface area contributed by atoms with Gasteiger partial charge in [-0.25, -0.2) is 0 Å². The Bertz CT molecular complexity index is 511. The second-order valence-corrected chi connectivity index (χ2v) is 4.47. The van der Waals surface area contributed by atoms with E-state index < -0.39 is 0 Å². The summed E-state index contributed by atoms with van der Waals surface area (Å²) in [5, 5.41) is 0. The molecule has 0 saturated heterocycles. The van der Waals surface area contributed by atoms with Crippen molar-refractivity contribution in [2.45, 2.75) is 12.3 Å². The molecule has 0 heterocycles. The SMILES string of the molecule is COc1ccc(CCl)cc1OCCc1ccccc1. The van der Waals surface area contributed by atoms with E-state index in [1.54, 1.807) is 7.11 Å². The van der Waals surface area contributed by atoms with E-state index >= 15 is 0 Å². The molecular weight excluding hydrogens is 260 g/mol. The third-order valence-electron chi connectivity index (χ3n) is 2.87. The Balaban J connectivity index is 1.98. The molecule has 0 aliphatic carbocycles. The first kappa shape index (κ1) is 13.8. The Hall–Kier alpha value is -1.67. The number of hydrogen-bond acceptors (Lipinski definition) is 2. The van der Waals surface area contributed by atoms with E-state index in [1.165, 1.54) is 5.56 Å². The molecule has 2 rings (SSSR count). The summed E-state index contributed by atoms with van der Waals surface area (Å²) in [6.07, 6.45) is 0.870. The lowest BCUT2D eigenvalue weighted by atomic mass is 10.2. The molecule has 0 fully saturated rings. The number of benzene rings is 2. The highest BCUT2D eigenvalue weighted by Gasteiger charge is 2.05. The Labute approximate surface area is 118 Å². The van der Waals surface area contributed by atoms with Gasteiger partial charge < -0.3 is 9.47 Å². The van der Waals surface area contributed by atoms with Gasteiger partial charge in [0.15, 0.2) is 11.5 Å². The molecule has 0 aromatic heterocycles. The van der Waals surface area contributed by atoms with E-state index in [2.05, 4.69) is 12.1 Å². The molecule has 0 spiro atoms. The van der Waals surface area contributed by atoms with Crippen LogP contribution < -0.4 is 9.47 Å². The van der Waals surface area contributed by atoms with Crippen LogP contribution in [0.25, 0.3) is 0 Å². The summed E-state index contributed by atoms with van der Waals surface area (Å²) in [6.45, 7) is 0.617. The summed E-state index contributed by atoms with van der Waals surface area (Å²) in [6, 6.07) is 16.0. The highest BCUT2D eigenvalue weighted by molar-refractivity contribution is 6.17. The maximum atomic E-state index is 5.83. The van der Waals surface area contributed by atoms with Crippen LogP contribution in [0.15, 0.2) is 48.5 Å². The number of hydrogen-bond donors (Lipinski definition) is 0. The van der Waals surface area contributed by atoms with Crippen molar-refractivity contribution in [2.75, 3.05) is 13.7 Å². The van der Waals surface area contributed by atoms with Crippen LogP contribution in [0.5, 0.6) is 11.5 Å². The normalized spacial score (nSPS) is 10.2. The standard InChI is InChI=1S/C16H17ClO2/c1-18-15-8-7-14(12-17)11-16(15)19-10-9-13-5-3-2-4-6-13/h2-8,11H,9-10,12H2,1H3. The lowest BCUT2D eigenvalue weighted by molar-refractivity contribution is 0.297. The van der Waals surface area contributed by atoms with Gasteiger partial charge in [0.05, 0.1) is 13.7 Å². The summed E-state index contributed by atoms with van der Waals surface area (Å²) in [5.41, 5.74) is 2.28. The Morgan fingerprint density at radius 3 is 2.42 bits per heavy atom. The van der Waals surface area contributed by atoms with Gasteiger partial charge in [-0.2, -0.15) is 0 Å². The van der Waals surface area contributed by atoms with Gasteiger partial charge in [0.25, 0.3) is 0 Å². The topological polar surface area (TPSA) is 18.5 Å². The van der Waals surface area contributed by atoms with Crippen molar-refractivity contribution in [1.29, 1.82) is 0 Å². The Morgan fingerprint density at radius 1 is 0.947 bits per heavy atom. The molecule has 0 aliphatic rings. The Morgan fingerprint density at radius 2 is 1.74 bits per heavy atom. The zero-order valence-corrected chi connectivity index (χ0v) is 11.7.